The number of benzene rings is 2. The molecule has 0 unspecified atom stereocenters. The molecule has 4 aromatic rings. The fourth-order valence-corrected chi connectivity index (χ4v) is 5.12. The molecule has 0 radical (unpaired) electrons. The highest BCUT2D eigenvalue weighted by Crippen LogP contribution is 2.29. The Balaban J connectivity index is 1.49. The number of carbonyl (C=O) groups excluding carboxylic acids is 1. The molecule has 1 amide bonds. The Morgan fingerprint density at radius 2 is 1.83 bits per heavy atom. The average Bonchev–Trinajstić information content (AvgIpc) is 3.40. The number of aromatic nitrogens is 1. The van der Waals surface area contributed by atoms with E-state index in [-0.39, 0.29) is 11.6 Å². The second kappa shape index (κ2) is 10.1. The molecular weight excluding hydrogens is 462 g/mol. The van der Waals surface area contributed by atoms with Gasteiger partial charge in [-0.2, -0.15) is 5.10 Å². The van der Waals surface area contributed by atoms with Crippen molar-refractivity contribution in [3.8, 4) is 5.69 Å². The number of anilines is 1. The van der Waals surface area contributed by atoms with E-state index in [1.165, 1.54) is 29.2 Å². The lowest BCUT2D eigenvalue weighted by atomic mass is 10.2. The van der Waals surface area contributed by atoms with Crippen LogP contribution in [0, 0.1) is 24.0 Å². The van der Waals surface area contributed by atoms with Crippen LogP contribution in [0.15, 0.2) is 59.7 Å². The first-order valence-corrected chi connectivity index (χ1v) is 12.2. The summed E-state index contributed by atoms with van der Waals surface area (Å²) in [7, 11) is 0. The van der Waals surface area contributed by atoms with E-state index in [1.807, 2.05) is 19.9 Å². The number of amides is 1. The number of rotatable bonds is 8. The molecule has 0 bridgehead atoms. The van der Waals surface area contributed by atoms with Crippen molar-refractivity contribution in [1.82, 2.24) is 9.99 Å². The van der Waals surface area contributed by atoms with E-state index in [0.717, 1.165) is 40.4 Å². The van der Waals surface area contributed by atoms with E-state index in [1.54, 1.807) is 18.3 Å². The molecule has 4 rings (SSSR count). The molecule has 2 aromatic carbocycles. The Kier molecular flexibility index (Phi) is 6.97. The number of hydrogen-bond acceptors (Lipinski definition) is 6. The Morgan fingerprint density at radius 1 is 1.11 bits per heavy atom. The number of non-ortho nitro benzene ring substituents is 1. The van der Waals surface area contributed by atoms with Crippen LogP contribution in [0.3, 0.4) is 0 Å². The highest BCUT2D eigenvalue weighted by atomic mass is 32.1. The molecule has 2 heterocycles. The van der Waals surface area contributed by atoms with Crippen molar-refractivity contribution in [2.75, 3.05) is 18.0 Å². The van der Waals surface area contributed by atoms with Crippen LogP contribution in [0.4, 0.5) is 11.4 Å². The third-order valence-corrected chi connectivity index (χ3v) is 7.13. The summed E-state index contributed by atoms with van der Waals surface area (Å²) < 4.78 is 2.97. The Labute approximate surface area is 207 Å². The molecular formula is C26H27N5O3S. The molecule has 35 heavy (non-hydrogen) atoms. The molecule has 0 spiro atoms. The number of nitro benzene ring substituents is 1. The maximum atomic E-state index is 12.6. The summed E-state index contributed by atoms with van der Waals surface area (Å²) in [5.41, 5.74) is 7.82. The van der Waals surface area contributed by atoms with Gasteiger partial charge in [0, 0.05) is 63.6 Å². The maximum Gasteiger partial charge on any atom is 0.281 e. The highest BCUT2D eigenvalue weighted by molar-refractivity contribution is 7.20. The third kappa shape index (κ3) is 4.95. The van der Waals surface area contributed by atoms with Crippen LogP contribution in [0.1, 0.15) is 40.5 Å². The van der Waals surface area contributed by atoms with Gasteiger partial charge in [-0.1, -0.05) is 0 Å². The zero-order valence-corrected chi connectivity index (χ0v) is 20.9. The number of nitrogens with zero attached hydrogens (tertiary/aromatic N) is 4. The number of nitro groups is 1. The molecule has 0 fully saturated rings. The van der Waals surface area contributed by atoms with Crippen molar-refractivity contribution in [3.63, 3.8) is 0 Å². The SMILES string of the molecule is CCN(CC)c1ccc(-n2c(C)cc(/C=N\NC(=O)c3cc4cc([N+](=O)[O-])ccc4s3)c2C)cc1. The van der Waals surface area contributed by atoms with Gasteiger partial charge in [0.2, 0.25) is 0 Å². The van der Waals surface area contributed by atoms with Gasteiger partial charge in [-0.25, -0.2) is 5.43 Å². The number of hydrogen-bond donors (Lipinski definition) is 1. The van der Waals surface area contributed by atoms with Crippen LogP contribution < -0.4 is 10.3 Å². The van der Waals surface area contributed by atoms with Gasteiger partial charge < -0.3 is 9.47 Å². The van der Waals surface area contributed by atoms with Gasteiger partial charge >= 0.3 is 0 Å². The molecule has 0 saturated carbocycles. The zero-order valence-electron chi connectivity index (χ0n) is 20.1. The number of hydrazone groups is 1. The molecule has 0 atom stereocenters. The van der Waals surface area contributed by atoms with Gasteiger partial charge in [-0.15, -0.1) is 11.3 Å². The van der Waals surface area contributed by atoms with Gasteiger partial charge in [0.05, 0.1) is 16.0 Å². The molecule has 0 aliphatic heterocycles. The van der Waals surface area contributed by atoms with Crippen molar-refractivity contribution in [1.29, 1.82) is 0 Å². The Bertz CT molecular complexity index is 1420. The molecule has 180 valence electrons. The zero-order chi connectivity index (χ0) is 25.1. The van der Waals surface area contributed by atoms with Crippen molar-refractivity contribution >= 4 is 44.9 Å². The summed E-state index contributed by atoms with van der Waals surface area (Å²) in [6, 6.07) is 16.7. The second-order valence-electron chi connectivity index (χ2n) is 8.14. The van der Waals surface area contributed by atoms with Crippen molar-refractivity contribution in [2.45, 2.75) is 27.7 Å². The van der Waals surface area contributed by atoms with E-state index in [2.05, 4.69) is 58.1 Å². The van der Waals surface area contributed by atoms with Gasteiger partial charge in [0.1, 0.15) is 0 Å². The number of fused-ring (bicyclic) bond motifs is 1. The number of carbonyl (C=O) groups is 1. The fraction of sp³-hybridized carbons (Fsp3) is 0.231. The molecule has 0 saturated heterocycles. The monoisotopic (exact) mass is 489 g/mol. The largest absolute Gasteiger partial charge is 0.372 e. The van der Waals surface area contributed by atoms with Crippen LogP contribution in [-0.4, -0.2) is 34.7 Å². The number of aryl methyl sites for hydroxylation is 1. The standard InChI is InChI=1S/C26H27N5O3S/c1-5-29(6-2)21-7-9-22(10-8-21)30-17(3)13-20(18(30)4)16-27-28-26(32)25-15-19-14-23(31(33)34)11-12-24(19)35-25/h7-16H,5-6H2,1-4H3,(H,28,32)/b27-16-. The predicted octanol–water partition coefficient (Wildman–Crippen LogP) is 5.83. The Morgan fingerprint density at radius 3 is 2.49 bits per heavy atom. The van der Waals surface area contributed by atoms with Gasteiger partial charge in [0.25, 0.3) is 11.6 Å². The number of nitrogens with one attached hydrogen (secondary N) is 1. The molecule has 1 N–H and O–H groups in total. The van der Waals surface area contributed by atoms with Crippen LogP contribution in [0.25, 0.3) is 15.8 Å². The van der Waals surface area contributed by atoms with Crippen LogP contribution in [0.2, 0.25) is 0 Å². The second-order valence-corrected chi connectivity index (χ2v) is 9.22. The van der Waals surface area contributed by atoms with Gasteiger partial charge in [-0.3, -0.25) is 14.9 Å². The quantitative estimate of drug-likeness (QED) is 0.192. The van der Waals surface area contributed by atoms with Crippen LogP contribution in [-0.2, 0) is 0 Å². The summed E-state index contributed by atoms with van der Waals surface area (Å²) >= 11 is 1.27. The van der Waals surface area contributed by atoms with Gasteiger partial charge in [0.15, 0.2) is 0 Å². The molecule has 2 aromatic heterocycles. The van der Waals surface area contributed by atoms with Crippen LogP contribution in [0.5, 0.6) is 0 Å². The smallest absolute Gasteiger partial charge is 0.281 e. The highest BCUT2D eigenvalue weighted by Gasteiger charge is 2.14. The van der Waals surface area contributed by atoms with Crippen LogP contribution >= 0.6 is 11.3 Å². The van der Waals surface area contributed by atoms with E-state index < -0.39 is 4.92 Å². The first-order chi connectivity index (χ1) is 16.8. The Hall–Kier alpha value is -3.98. The molecule has 0 aliphatic rings. The summed E-state index contributed by atoms with van der Waals surface area (Å²) in [5, 5.41) is 15.8. The van der Waals surface area contributed by atoms with E-state index >= 15 is 0 Å². The lowest BCUT2D eigenvalue weighted by Gasteiger charge is -2.21. The normalized spacial score (nSPS) is 11.3. The fourth-order valence-electron chi connectivity index (χ4n) is 4.19. The summed E-state index contributed by atoms with van der Waals surface area (Å²) in [5.74, 6) is -0.356. The molecule has 8 nitrogen and oxygen atoms in total. The van der Waals surface area contributed by atoms with E-state index in [4.69, 9.17) is 0 Å². The summed E-state index contributed by atoms with van der Waals surface area (Å²) in [6.45, 7) is 10.3. The first-order valence-electron chi connectivity index (χ1n) is 11.4. The molecule has 9 heteroatoms. The maximum absolute atomic E-state index is 12.6. The van der Waals surface area contributed by atoms with Gasteiger partial charge in [-0.05, 0) is 70.2 Å². The minimum atomic E-state index is -0.447. The topological polar surface area (TPSA) is 92.8 Å². The molecule has 0 aliphatic carbocycles. The average molecular weight is 490 g/mol. The third-order valence-electron chi connectivity index (χ3n) is 6.01. The van der Waals surface area contributed by atoms with Crippen molar-refractivity contribution in [3.05, 3.63) is 86.5 Å². The van der Waals surface area contributed by atoms with Crippen molar-refractivity contribution in [2.24, 2.45) is 5.10 Å². The summed E-state index contributed by atoms with van der Waals surface area (Å²) in [4.78, 5) is 25.9. The predicted molar refractivity (Wildman–Crippen MR) is 142 cm³/mol. The number of thiophene rings is 1. The van der Waals surface area contributed by atoms with Crippen molar-refractivity contribution < 1.29 is 9.72 Å². The minimum Gasteiger partial charge on any atom is -0.372 e. The lowest BCUT2D eigenvalue weighted by molar-refractivity contribution is -0.384. The minimum absolute atomic E-state index is 0.00155. The van der Waals surface area contributed by atoms with E-state index in [0.29, 0.717) is 10.3 Å². The summed E-state index contributed by atoms with van der Waals surface area (Å²) in [6.07, 6.45) is 1.64. The lowest BCUT2D eigenvalue weighted by Crippen LogP contribution is -2.21. The first kappa shape index (κ1) is 24.2. The van der Waals surface area contributed by atoms with E-state index in [9.17, 15) is 14.9 Å².